The molecule has 0 unspecified atom stereocenters. The van der Waals surface area contributed by atoms with Gasteiger partial charge in [-0.25, -0.2) is 4.68 Å². The number of benzene rings is 3. The molecule has 0 radical (unpaired) electrons. The number of hydrogen-bond donors (Lipinski definition) is 0. The quantitative estimate of drug-likeness (QED) is 0.344. The number of carbonyl (C=O) groups excluding carboxylic acids is 1. The molecule has 0 spiro atoms. The summed E-state index contributed by atoms with van der Waals surface area (Å²) in [7, 11) is 3.48. The van der Waals surface area contributed by atoms with Gasteiger partial charge in [0.15, 0.2) is 0 Å². The topological polar surface area (TPSA) is 56.6 Å². The zero-order valence-electron chi connectivity index (χ0n) is 19.3. The molecule has 34 heavy (non-hydrogen) atoms. The lowest BCUT2D eigenvalue weighted by molar-refractivity contribution is 0.0729. The third kappa shape index (κ3) is 4.53. The van der Waals surface area contributed by atoms with Gasteiger partial charge < -0.3 is 14.4 Å². The van der Waals surface area contributed by atoms with E-state index in [9.17, 15) is 4.79 Å². The summed E-state index contributed by atoms with van der Waals surface area (Å²) in [5.41, 5.74) is 3.31. The Hall–Kier alpha value is -4.06. The first-order chi connectivity index (χ1) is 16.6. The molecule has 172 valence electrons. The predicted octanol–water partition coefficient (Wildman–Crippen LogP) is 5.69. The molecule has 4 aromatic rings. The normalized spacial score (nSPS) is 12.9. The SMILES string of the molecule is COc1cccc(C(=O)N(Cc2c(-c3ccccc3)nn(C)c2Oc2ccccc2)C2CC2)c1. The molecule has 1 saturated carbocycles. The summed E-state index contributed by atoms with van der Waals surface area (Å²) >= 11 is 0. The van der Waals surface area contributed by atoms with Crippen molar-refractivity contribution >= 4 is 5.91 Å². The van der Waals surface area contributed by atoms with Gasteiger partial charge >= 0.3 is 0 Å². The maximum absolute atomic E-state index is 13.6. The van der Waals surface area contributed by atoms with Crippen molar-refractivity contribution < 1.29 is 14.3 Å². The summed E-state index contributed by atoms with van der Waals surface area (Å²) in [6.07, 6.45) is 1.98. The van der Waals surface area contributed by atoms with E-state index in [0.717, 1.165) is 35.4 Å². The number of aromatic nitrogens is 2. The molecule has 6 heteroatoms. The summed E-state index contributed by atoms with van der Waals surface area (Å²) < 4.78 is 13.4. The van der Waals surface area contributed by atoms with Crippen molar-refractivity contribution in [3.05, 3.63) is 96.1 Å². The van der Waals surface area contributed by atoms with E-state index in [2.05, 4.69) is 0 Å². The van der Waals surface area contributed by atoms with Crippen LogP contribution in [-0.4, -0.2) is 33.7 Å². The first kappa shape index (κ1) is 21.8. The van der Waals surface area contributed by atoms with Crippen molar-refractivity contribution in [1.82, 2.24) is 14.7 Å². The van der Waals surface area contributed by atoms with Gasteiger partial charge in [-0.1, -0.05) is 54.6 Å². The highest BCUT2D eigenvalue weighted by molar-refractivity contribution is 5.95. The Morgan fingerprint density at radius 3 is 2.32 bits per heavy atom. The van der Waals surface area contributed by atoms with Crippen molar-refractivity contribution in [2.75, 3.05) is 7.11 Å². The molecule has 1 aromatic heterocycles. The second kappa shape index (κ2) is 9.43. The standard InChI is InChI=1S/C28H27N3O3/c1-30-28(34-23-13-7-4-8-14-23)25(26(29-30)20-10-5-3-6-11-20)19-31(22-16-17-22)27(32)21-12-9-15-24(18-21)33-2/h3-15,18,22H,16-17,19H2,1-2H3. The second-order valence-electron chi connectivity index (χ2n) is 8.43. The molecule has 1 heterocycles. The molecule has 1 amide bonds. The van der Waals surface area contributed by atoms with E-state index in [4.69, 9.17) is 14.6 Å². The van der Waals surface area contributed by atoms with Gasteiger partial charge in [-0.05, 0) is 43.2 Å². The lowest BCUT2D eigenvalue weighted by Crippen LogP contribution is -2.32. The van der Waals surface area contributed by atoms with Crippen LogP contribution >= 0.6 is 0 Å². The molecule has 5 rings (SSSR count). The summed E-state index contributed by atoms with van der Waals surface area (Å²) in [4.78, 5) is 15.6. The van der Waals surface area contributed by atoms with Crippen LogP contribution in [-0.2, 0) is 13.6 Å². The van der Waals surface area contributed by atoms with E-state index in [1.807, 2.05) is 90.8 Å². The molecule has 0 saturated heterocycles. The summed E-state index contributed by atoms with van der Waals surface area (Å²) in [6, 6.07) is 27.2. The molecule has 1 aliphatic rings. The minimum Gasteiger partial charge on any atom is -0.497 e. The van der Waals surface area contributed by atoms with Crippen LogP contribution < -0.4 is 9.47 Å². The van der Waals surface area contributed by atoms with Crippen LogP contribution in [0.3, 0.4) is 0 Å². The van der Waals surface area contributed by atoms with Gasteiger partial charge in [0, 0.05) is 24.2 Å². The summed E-state index contributed by atoms with van der Waals surface area (Å²) in [5.74, 6) is 2.01. The van der Waals surface area contributed by atoms with Crippen LogP contribution in [0.1, 0.15) is 28.8 Å². The number of para-hydroxylation sites is 1. The Kier molecular flexibility index (Phi) is 6.04. The average Bonchev–Trinajstić information content (AvgIpc) is 3.68. The van der Waals surface area contributed by atoms with E-state index < -0.39 is 0 Å². The summed E-state index contributed by atoms with van der Waals surface area (Å²) in [6.45, 7) is 0.404. The Morgan fingerprint density at radius 2 is 1.65 bits per heavy atom. The monoisotopic (exact) mass is 453 g/mol. The number of carbonyl (C=O) groups is 1. The first-order valence-electron chi connectivity index (χ1n) is 11.4. The largest absolute Gasteiger partial charge is 0.497 e. The maximum atomic E-state index is 13.6. The van der Waals surface area contributed by atoms with Crippen LogP contribution in [0.5, 0.6) is 17.4 Å². The van der Waals surface area contributed by atoms with E-state index in [-0.39, 0.29) is 11.9 Å². The number of nitrogens with zero attached hydrogens (tertiary/aromatic N) is 3. The van der Waals surface area contributed by atoms with E-state index in [1.54, 1.807) is 17.9 Å². The van der Waals surface area contributed by atoms with Crippen LogP contribution in [0.15, 0.2) is 84.9 Å². The minimum atomic E-state index is -0.0186. The zero-order chi connectivity index (χ0) is 23.5. The van der Waals surface area contributed by atoms with Crippen LogP contribution in [0.2, 0.25) is 0 Å². The van der Waals surface area contributed by atoms with Gasteiger partial charge in [-0.3, -0.25) is 4.79 Å². The van der Waals surface area contributed by atoms with Gasteiger partial charge in [0.2, 0.25) is 5.88 Å². The Bertz CT molecular complexity index is 1280. The predicted molar refractivity (Wildman–Crippen MR) is 131 cm³/mol. The highest BCUT2D eigenvalue weighted by Gasteiger charge is 2.35. The molecule has 1 fully saturated rings. The molecule has 1 aliphatic carbocycles. The number of hydrogen-bond acceptors (Lipinski definition) is 4. The average molecular weight is 454 g/mol. The van der Waals surface area contributed by atoms with Gasteiger partial charge in [0.05, 0.1) is 19.2 Å². The summed E-state index contributed by atoms with van der Waals surface area (Å²) in [5, 5.41) is 4.80. The maximum Gasteiger partial charge on any atom is 0.254 e. The molecular formula is C28H27N3O3. The first-order valence-corrected chi connectivity index (χ1v) is 11.4. The molecule has 3 aromatic carbocycles. The van der Waals surface area contributed by atoms with Gasteiger partial charge in [-0.15, -0.1) is 0 Å². The smallest absolute Gasteiger partial charge is 0.254 e. The van der Waals surface area contributed by atoms with Crippen LogP contribution in [0.4, 0.5) is 0 Å². The third-order valence-electron chi connectivity index (χ3n) is 5.99. The third-order valence-corrected chi connectivity index (χ3v) is 5.99. The van der Waals surface area contributed by atoms with Gasteiger partial charge in [0.1, 0.15) is 17.2 Å². The van der Waals surface area contributed by atoms with Crippen molar-refractivity contribution in [1.29, 1.82) is 0 Å². The fraction of sp³-hybridized carbons (Fsp3) is 0.214. The highest BCUT2D eigenvalue weighted by atomic mass is 16.5. The van der Waals surface area contributed by atoms with Gasteiger partial charge in [-0.2, -0.15) is 5.10 Å². The highest BCUT2D eigenvalue weighted by Crippen LogP contribution is 2.37. The molecule has 0 N–H and O–H groups in total. The Morgan fingerprint density at radius 1 is 0.971 bits per heavy atom. The Labute approximate surface area is 199 Å². The van der Waals surface area contributed by atoms with E-state index >= 15 is 0 Å². The minimum absolute atomic E-state index is 0.0186. The van der Waals surface area contributed by atoms with E-state index in [1.165, 1.54) is 0 Å². The number of amides is 1. The number of aryl methyl sites for hydroxylation is 1. The second-order valence-corrected chi connectivity index (χ2v) is 8.43. The number of ether oxygens (including phenoxy) is 2. The fourth-order valence-electron chi connectivity index (χ4n) is 4.10. The number of rotatable bonds is 8. The molecular weight excluding hydrogens is 426 g/mol. The molecule has 0 bridgehead atoms. The van der Waals surface area contributed by atoms with Crippen molar-refractivity contribution in [2.45, 2.75) is 25.4 Å². The van der Waals surface area contributed by atoms with Crippen LogP contribution in [0.25, 0.3) is 11.3 Å². The van der Waals surface area contributed by atoms with Gasteiger partial charge in [0.25, 0.3) is 5.91 Å². The number of methoxy groups -OCH3 is 1. The van der Waals surface area contributed by atoms with Crippen molar-refractivity contribution in [3.63, 3.8) is 0 Å². The van der Waals surface area contributed by atoms with Crippen molar-refractivity contribution in [2.24, 2.45) is 7.05 Å². The van der Waals surface area contributed by atoms with Crippen molar-refractivity contribution in [3.8, 4) is 28.6 Å². The Balaban J connectivity index is 1.55. The fourth-order valence-corrected chi connectivity index (χ4v) is 4.10. The molecule has 0 atom stereocenters. The molecule has 0 aliphatic heterocycles. The lowest BCUT2D eigenvalue weighted by atomic mass is 10.1. The van der Waals surface area contributed by atoms with E-state index in [0.29, 0.717) is 23.7 Å². The molecule has 6 nitrogen and oxygen atoms in total. The lowest BCUT2D eigenvalue weighted by Gasteiger charge is -2.23. The zero-order valence-corrected chi connectivity index (χ0v) is 19.3. The van der Waals surface area contributed by atoms with Crippen LogP contribution in [0, 0.1) is 0 Å².